The lowest BCUT2D eigenvalue weighted by Crippen LogP contribution is -2.44. The summed E-state index contributed by atoms with van der Waals surface area (Å²) in [5.41, 5.74) is 0.154. The Morgan fingerprint density at radius 1 is 1.36 bits per heavy atom. The molecule has 0 unspecified atom stereocenters. The third kappa shape index (κ3) is 2.05. The van der Waals surface area contributed by atoms with Gasteiger partial charge in [0.25, 0.3) is 5.69 Å². The van der Waals surface area contributed by atoms with Crippen molar-refractivity contribution in [2.45, 2.75) is 10.1 Å². The van der Waals surface area contributed by atoms with Gasteiger partial charge in [0.05, 0.1) is 4.92 Å². The molecule has 5 heteroatoms. The molecule has 0 aromatic heterocycles. The van der Waals surface area contributed by atoms with Crippen LogP contribution in [0.2, 0.25) is 0 Å². The van der Waals surface area contributed by atoms with Crippen LogP contribution in [0.15, 0.2) is 29.2 Å². The summed E-state index contributed by atoms with van der Waals surface area (Å²) in [5.74, 6) is 0. The van der Waals surface area contributed by atoms with E-state index in [1.807, 2.05) is 0 Å². The van der Waals surface area contributed by atoms with Crippen LogP contribution in [-0.2, 0) is 0 Å². The SMILES string of the molecule is O=[N+]([O-])c1ccc(SC2CNC2)cc1. The summed E-state index contributed by atoms with van der Waals surface area (Å²) in [6, 6.07) is 6.71. The smallest absolute Gasteiger partial charge is 0.269 e. The quantitative estimate of drug-likeness (QED) is 0.609. The van der Waals surface area contributed by atoms with Crippen molar-refractivity contribution in [3.05, 3.63) is 34.4 Å². The van der Waals surface area contributed by atoms with Crippen LogP contribution in [0.1, 0.15) is 0 Å². The summed E-state index contributed by atoms with van der Waals surface area (Å²) in [6.07, 6.45) is 0. The first-order valence-corrected chi connectivity index (χ1v) is 5.25. The zero-order valence-electron chi connectivity index (χ0n) is 7.47. The molecule has 1 N–H and O–H groups in total. The van der Waals surface area contributed by atoms with Gasteiger partial charge in [0.15, 0.2) is 0 Å². The molecule has 1 heterocycles. The van der Waals surface area contributed by atoms with Crippen molar-refractivity contribution in [1.82, 2.24) is 5.32 Å². The predicted molar refractivity (Wildman–Crippen MR) is 55.6 cm³/mol. The molecule has 0 spiro atoms. The van der Waals surface area contributed by atoms with Crippen LogP contribution in [0.4, 0.5) is 5.69 Å². The minimum Gasteiger partial charge on any atom is -0.314 e. The van der Waals surface area contributed by atoms with Crippen LogP contribution in [0.5, 0.6) is 0 Å². The van der Waals surface area contributed by atoms with Crippen molar-refractivity contribution in [2.24, 2.45) is 0 Å². The zero-order valence-corrected chi connectivity index (χ0v) is 8.29. The van der Waals surface area contributed by atoms with Crippen LogP contribution in [-0.4, -0.2) is 23.3 Å². The van der Waals surface area contributed by atoms with E-state index in [9.17, 15) is 10.1 Å². The minimum absolute atomic E-state index is 0.154. The van der Waals surface area contributed by atoms with Gasteiger partial charge in [0, 0.05) is 35.4 Å². The van der Waals surface area contributed by atoms with Gasteiger partial charge in [-0.05, 0) is 12.1 Å². The molecule has 0 amide bonds. The molecule has 0 atom stereocenters. The third-order valence-electron chi connectivity index (χ3n) is 2.09. The van der Waals surface area contributed by atoms with Gasteiger partial charge in [-0.2, -0.15) is 0 Å². The Hall–Kier alpha value is -1.07. The second kappa shape index (κ2) is 3.98. The van der Waals surface area contributed by atoms with Crippen molar-refractivity contribution >= 4 is 17.4 Å². The van der Waals surface area contributed by atoms with Crippen LogP contribution in [0.3, 0.4) is 0 Å². The number of nitro groups is 1. The number of rotatable bonds is 3. The number of non-ortho nitro benzene ring substituents is 1. The standard InChI is InChI=1S/C9H10N2O2S/c12-11(13)7-1-3-8(4-2-7)14-9-5-10-6-9/h1-4,9-10H,5-6H2. The highest BCUT2D eigenvalue weighted by Gasteiger charge is 2.17. The van der Waals surface area contributed by atoms with Crippen LogP contribution in [0.25, 0.3) is 0 Å². The summed E-state index contributed by atoms with van der Waals surface area (Å²) >= 11 is 1.77. The summed E-state index contributed by atoms with van der Waals surface area (Å²) in [7, 11) is 0. The first-order chi connectivity index (χ1) is 6.75. The summed E-state index contributed by atoms with van der Waals surface area (Å²) < 4.78 is 0. The van der Waals surface area contributed by atoms with E-state index in [1.54, 1.807) is 36.0 Å². The maximum Gasteiger partial charge on any atom is 0.269 e. The minimum atomic E-state index is -0.376. The largest absolute Gasteiger partial charge is 0.314 e. The molecular formula is C9H10N2O2S. The van der Waals surface area contributed by atoms with E-state index in [0.717, 1.165) is 18.0 Å². The Kier molecular flexibility index (Phi) is 2.69. The van der Waals surface area contributed by atoms with E-state index in [-0.39, 0.29) is 10.6 Å². The van der Waals surface area contributed by atoms with Crippen molar-refractivity contribution in [3.63, 3.8) is 0 Å². The van der Waals surface area contributed by atoms with Gasteiger partial charge in [-0.1, -0.05) is 0 Å². The molecule has 14 heavy (non-hydrogen) atoms. The Labute approximate surface area is 85.8 Å². The molecule has 1 aliphatic rings. The van der Waals surface area contributed by atoms with Gasteiger partial charge >= 0.3 is 0 Å². The van der Waals surface area contributed by atoms with E-state index in [2.05, 4.69) is 5.32 Å². The zero-order chi connectivity index (χ0) is 9.97. The second-order valence-corrected chi connectivity index (χ2v) is 4.52. The lowest BCUT2D eigenvalue weighted by atomic mass is 10.3. The number of hydrogen-bond donors (Lipinski definition) is 1. The maximum absolute atomic E-state index is 10.4. The average molecular weight is 210 g/mol. The third-order valence-corrected chi connectivity index (χ3v) is 3.31. The summed E-state index contributed by atoms with van der Waals surface area (Å²) in [4.78, 5) is 11.1. The highest BCUT2D eigenvalue weighted by molar-refractivity contribution is 8.00. The van der Waals surface area contributed by atoms with Gasteiger partial charge in [-0.25, -0.2) is 0 Å². The summed E-state index contributed by atoms with van der Waals surface area (Å²) in [6.45, 7) is 2.06. The molecule has 1 aromatic rings. The van der Waals surface area contributed by atoms with E-state index < -0.39 is 0 Å². The van der Waals surface area contributed by atoms with Crippen molar-refractivity contribution in [1.29, 1.82) is 0 Å². The molecule has 1 fully saturated rings. The number of hydrogen-bond acceptors (Lipinski definition) is 4. The lowest BCUT2D eigenvalue weighted by molar-refractivity contribution is -0.384. The van der Waals surface area contributed by atoms with E-state index in [0.29, 0.717) is 5.25 Å². The van der Waals surface area contributed by atoms with Crippen molar-refractivity contribution in [3.8, 4) is 0 Å². The number of nitro benzene ring substituents is 1. The van der Waals surface area contributed by atoms with Crippen LogP contribution < -0.4 is 5.32 Å². The fourth-order valence-electron chi connectivity index (χ4n) is 1.18. The molecule has 0 saturated carbocycles. The molecule has 1 aliphatic heterocycles. The Morgan fingerprint density at radius 3 is 2.43 bits per heavy atom. The number of nitrogens with zero attached hydrogens (tertiary/aromatic N) is 1. The number of nitrogens with one attached hydrogen (secondary N) is 1. The topological polar surface area (TPSA) is 55.2 Å². The second-order valence-electron chi connectivity index (χ2n) is 3.15. The molecular weight excluding hydrogens is 200 g/mol. The van der Waals surface area contributed by atoms with Gasteiger partial charge in [0.1, 0.15) is 0 Å². The molecule has 74 valence electrons. The van der Waals surface area contributed by atoms with Crippen LogP contribution >= 0.6 is 11.8 Å². The molecule has 0 bridgehead atoms. The number of thioether (sulfide) groups is 1. The monoisotopic (exact) mass is 210 g/mol. The first-order valence-electron chi connectivity index (χ1n) is 4.37. The van der Waals surface area contributed by atoms with Crippen LogP contribution in [0, 0.1) is 10.1 Å². The van der Waals surface area contributed by atoms with Gasteiger partial charge in [0.2, 0.25) is 0 Å². The Balaban J connectivity index is 2.01. The molecule has 1 saturated heterocycles. The van der Waals surface area contributed by atoms with E-state index in [1.165, 1.54) is 0 Å². The normalized spacial score (nSPS) is 16.3. The Morgan fingerprint density at radius 2 is 2.00 bits per heavy atom. The van der Waals surface area contributed by atoms with Crippen molar-refractivity contribution in [2.75, 3.05) is 13.1 Å². The maximum atomic E-state index is 10.4. The molecule has 2 rings (SSSR count). The Bertz CT molecular complexity index is 335. The fraction of sp³-hybridized carbons (Fsp3) is 0.333. The fourth-order valence-corrected chi connectivity index (χ4v) is 2.26. The van der Waals surface area contributed by atoms with Gasteiger partial charge in [-0.15, -0.1) is 11.8 Å². The van der Waals surface area contributed by atoms with E-state index in [4.69, 9.17) is 0 Å². The lowest BCUT2D eigenvalue weighted by Gasteiger charge is -2.26. The van der Waals surface area contributed by atoms with Gasteiger partial charge < -0.3 is 5.32 Å². The first kappa shape index (κ1) is 9.48. The average Bonchev–Trinajstić information content (AvgIpc) is 2.12. The highest BCUT2D eigenvalue weighted by atomic mass is 32.2. The highest BCUT2D eigenvalue weighted by Crippen LogP contribution is 2.26. The molecule has 1 aromatic carbocycles. The van der Waals surface area contributed by atoms with E-state index >= 15 is 0 Å². The number of benzene rings is 1. The molecule has 0 radical (unpaired) electrons. The summed E-state index contributed by atoms with van der Waals surface area (Å²) in [5, 5.41) is 14.2. The molecule has 4 nitrogen and oxygen atoms in total. The van der Waals surface area contributed by atoms with Gasteiger partial charge in [-0.3, -0.25) is 10.1 Å². The molecule has 0 aliphatic carbocycles. The predicted octanol–water partition coefficient (Wildman–Crippen LogP) is 1.66. The van der Waals surface area contributed by atoms with Crippen molar-refractivity contribution < 1.29 is 4.92 Å².